The van der Waals surface area contributed by atoms with Crippen molar-refractivity contribution in [2.24, 2.45) is 0 Å². The Morgan fingerprint density at radius 2 is 2.00 bits per heavy atom. The SMILES string of the molecule is Nc1nc(N2CCn3cnnc3C2)cc(C(F)(F)F)n1. The summed E-state index contributed by atoms with van der Waals surface area (Å²) in [5.41, 5.74) is 4.31. The smallest absolute Gasteiger partial charge is 0.368 e. The van der Waals surface area contributed by atoms with E-state index in [0.717, 1.165) is 6.07 Å². The van der Waals surface area contributed by atoms with Crippen LogP contribution in [0.25, 0.3) is 0 Å². The molecule has 0 bridgehead atoms. The molecule has 2 N–H and O–H groups in total. The van der Waals surface area contributed by atoms with Gasteiger partial charge in [0.2, 0.25) is 5.95 Å². The Kier molecular flexibility index (Phi) is 2.73. The van der Waals surface area contributed by atoms with Gasteiger partial charge in [-0.25, -0.2) is 4.98 Å². The number of rotatable bonds is 1. The monoisotopic (exact) mass is 285 g/mol. The second-order valence-electron chi connectivity index (χ2n) is 4.33. The van der Waals surface area contributed by atoms with Crippen LogP contribution in [0.4, 0.5) is 24.9 Å². The van der Waals surface area contributed by atoms with Crippen LogP contribution in [0.2, 0.25) is 0 Å². The third-order valence-corrected chi connectivity index (χ3v) is 2.98. The van der Waals surface area contributed by atoms with E-state index in [0.29, 0.717) is 25.5 Å². The van der Waals surface area contributed by atoms with Crippen LogP contribution in [0.1, 0.15) is 11.5 Å². The molecule has 1 aliphatic rings. The number of nitrogens with zero attached hydrogens (tertiary/aromatic N) is 6. The van der Waals surface area contributed by atoms with Crippen molar-refractivity contribution in [3.05, 3.63) is 23.9 Å². The molecular formula is C10H10F3N7. The fourth-order valence-corrected chi connectivity index (χ4v) is 2.02. The van der Waals surface area contributed by atoms with E-state index in [1.807, 2.05) is 4.57 Å². The van der Waals surface area contributed by atoms with E-state index >= 15 is 0 Å². The number of fused-ring (bicyclic) bond motifs is 1. The number of aromatic nitrogens is 5. The number of nitrogens with two attached hydrogens (primary N) is 1. The van der Waals surface area contributed by atoms with Crippen LogP contribution in [0.5, 0.6) is 0 Å². The van der Waals surface area contributed by atoms with Crippen LogP contribution in [-0.2, 0) is 19.3 Å². The first-order chi connectivity index (χ1) is 9.43. The molecule has 2 aromatic rings. The molecule has 0 atom stereocenters. The Hall–Kier alpha value is -2.39. The molecule has 10 heteroatoms. The predicted octanol–water partition coefficient (Wildman–Crippen LogP) is 0.689. The average molecular weight is 285 g/mol. The van der Waals surface area contributed by atoms with Gasteiger partial charge >= 0.3 is 6.18 Å². The molecule has 0 aliphatic carbocycles. The fraction of sp³-hybridized carbons (Fsp3) is 0.400. The summed E-state index contributed by atoms with van der Waals surface area (Å²) in [6.45, 7) is 1.40. The van der Waals surface area contributed by atoms with Gasteiger partial charge in [0.25, 0.3) is 0 Å². The van der Waals surface area contributed by atoms with Crippen molar-refractivity contribution >= 4 is 11.8 Å². The number of halogens is 3. The summed E-state index contributed by atoms with van der Waals surface area (Å²) >= 11 is 0. The lowest BCUT2D eigenvalue weighted by atomic mass is 10.3. The maximum absolute atomic E-state index is 12.7. The molecule has 106 valence electrons. The van der Waals surface area contributed by atoms with Gasteiger partial charge in [-0.15, -0.1) is 10.2 Å². The topological polar surface area (TPSA) is 85.8 Å². The number of nitrogen functional groups attached to an aromatic ring is 1. The summed E-state index contributed by atoms with van der Waals surface area (Å²) in [5, 5.41) is 7.66. The van der Waals surface area contributed by atoms with Crippen molar-refractivity contribution in [3.63, 3.8) is 0 Å². The third kappa shape index (κ3) is 2.24. The maximum atomic E-state index is 12.7. The minimum absolute atomic E-state index is 0.138. The van der Waals surface area contributed by atoms with Crippen molar-refractivity contribution < 1.29 is 13.2 Å². The van der Waals surface area contributed by atoms with Gasteiger partial charge in [0.15, 0.2) is 11.5 Å². The number of hydrogen-bond acceptors (Lipinski definition) is 6. The Bertz CT molecular complexity index is 636. The van der Waals surface area contributed by atoms with Gasteiger partial charge in [-0.1, -0.05) is 0 Å². The lowest BCUT2D eigenvalue weighted by molar-refractivity contribution is -0.141. The summed E-state index contributed by atoms with van der Waals surface area (Å²) in [6, 6.07) is 0.891. The molecule has 0 aromatic carbocycles. The average Bonchev–Trinajstić information content (AvgIpc) is 2.84. The van der Waals surface area contributed by atoms with Crippen LogP contribution < -0.4 is 10.6 Å². The largest absolute Gasteiger partial charge is 0.433 e. The van der Waals surface area contributed by atoms with E-state index in [9.17, 15) is 13.2 Å². The van der Waals surface area contributed by atoms with E-state index in [1.54, 1.807) is 11.2 Å². The lowest BCUT2D eigenvalue weighted by Crippen LogP contribution is -2.34. The van der Waals surface area contributed by atoms with Crippen molar-refractivity contribution in [3.8, 4) is 0 Å². The molecule has 3 heterocycles. The fourth-order valence-electron chi connectivity index (χ4n) is 2.02. The van der Waals surface area contributed by atoms with Gasteiger partial charge in [0.05, 0.1) is 6.54 Å². The zero-order valence-corrected chi connectivity index (χ0v) is 10.2. The highest BCUT2D eigenvalue weighted by molar-refractivity contribution is 5.44. The first kappa shape index (κ1) is 12.6. The summed E-state index contributed by atoms with van der Waals surface area (Å²) in [5.74, 6) is 0.405. The maximum Gasteiger partial charge on any atom is 0.433 e. The lowest BCUT2D eigenvalue weighted by Gasteiger charge is -2.28. The molecule has 0 amide bonds. The van der Waals surface area contributed by atoms with Crippen LogP contribution in [0, 0.1) is 0 Å². The van der Waals surface area contributed by atoms with E-state index < -0.39 is 17.8 Å². The molecule has 0 saturated heterocycles. The first-order valence-electron chi connectivity index (χ1n) is 5.77. The van der Waals surface area contributed by atoms with Gasteiger partial charge in [-0.05, 0) is 0 Å². The zero-order chi connectivity index (χ0) is 14.3. The molecule has 7 nitrogen and oxygen atoms in total. The summed E-state index contributed by atoms with van der Waals surface area (Å²) < 4.78 is 40.0. The Balaban J connectivity index is 1.93. The van der Waals surface area contributed by atoms with Crippen molar-refractivity contribution in [2.45, 2.75) is 19.3 Å². The van der Waals surface area contributed by atoms with E-state index in [-0.39, 0.29) is 5.82 Å². The summed E-state index contributed by atoms with van der Waals surface area (Å²) in [7, 11) is 0. The van der Waals surface area contributed by atoms with Crippen LogP contribution >= 0.6 is 0 Å². The molecule has 3 rings (SSSR count). The highest BCUT2D eigenvalue weighted by Crippen LogP contribution is 2.30. The Morgan fingerprint density at radius 1 is 1.20 bits per heavy atom. The molecule has 2 aromatic heterocycles. The van der Waals surface area contributed by atoms with Crippen molar-refractivity contribution in [2.75, 3.05) is 17.2 Å². The van der Waals surface area contributed by atoms with E-state index in [1.165, 1.54) is 0 Å². The quantitative estimate of drug-likeness (QED) is 0.829. The van der Waals surface area contributed by atoms with Gasteiger partial charge in [-0.2, -0.15) is 18.2 Å². The minimum atomic E-state index is -4.55. The molecule has 20 heavy (non-hydrogen) atoms. The molecule has 1 aliphatic heterocycles. The Labute approximate surface area is 111 Å². The van der Waals surface area contributed by atoms with Gasteiger partial charge in [0.1, 0.15) is 12.1 Å². The van der Waals surface area contributed by atoms with Crippen molar-refractivity contribution in [1.82, 2.24) is 24.7 Å². The van der Waals surface area contributed by atoms with E-state index in [4.69, 9.17) is 5.73 Å². The number of anilines is 2. The molecule has 0 saturated carbocycles. The van der Waals surface area contributed by atoms with Crippen LogP contribution in [-0.4, -0.2) is 31.3 Å². The number of hydrogen-bond donors (Lipinski definition) is 1. The van der Waals surface area contributed by atoms with Gasteiger partial charge in [-0.3, -0.25) is 0 Å². The first-order valence-corrected chi connectivity index (χ1v) is 5.77. The van der Waals surface area contributed by atoms with E-state index in [2.05, 4.69) is 20.2 Å². The predicted molar refractivity (Wildman–Crippen MR) is 62.5 cm³/mol. The normalized spacial score (nSPS) is 15.2. The number of alkyl halides is 3. The summed E-state index contributed by atoms with van der Waals surface area (Å²) in [4.78, 5) is 8.74. The zero-order valence-electron chi connectivity index (χ0n) is 10.2. The van der Waals surface area contributed by atoms with Crippen LogP contribution in [0.15, 0.2) is 12.4 Å². The second-order valence-corrected chi connectivity index (χ2v) is 4.33. The third-order valence-electron chi connectivity index (χ3n) is 2.98. The molecular weight excluding hydrogens is 275 g/mol. The highest BCUT2D eigenvalue weighted by Gasteiger charge is 2.34. The van der Waals surface area contributed by atoms with Crippen molar-refractivity contribution in [1.29, 1.82) is 0 Å². The molecule has 0 fully saturated rings. The molecule has 0 spiro atoms. The Morgan fingerprint density at radius 3 is 2.75 bits per heavy atom. The van der Waals surface area contributed by atoms with Gasteiger partial charge in [0, 0.05) is 19.2 Å². The summed E-state index contributed by atoms with van der Waals surface area (Å²) in [6.07, 6.45) is -2.97. The standard InChI is InChI=1S/C10H10F3N7/c11-10(12,13)6-3-7(17-9(14)16-6)19-1-2-20-5-15-18-8(20)4-19/h3,5H,1-2,4H2,(H2,14,16,17). The molecule has 0 radical (unpaired) electrons. The molecule has 0 unspecified atom stereocenters. The minimum Gasteiger partial charge on any atom is -0.368 e. The second kappa shape index (κ2) is 4.32. The van der Waals surface area contributed by atoms with Crippen LogP contribution in [0.3, 0.4) is 0 Å². The highest BCUT2D eigenvalue weighted by atomic mass is 19.4. The van der Waals surface area contributed by atoms with Gasteiger partial charge < -0.3 is 15.2 Å².